The van der Waals surface area contributed by atoms with Crippen LogP contribution in [0.2, 0.25) is 16.6 Å². The van der Waals surface area contributed by atoms with Crippen LogP contribution in [0.1, 0.15) is 58.2 Å². The average Bonchev–Trinajstić information content (AvgIpc) is 2.33. The molecule has 0 spiro atoms. The van der Waals surface area contributed by atoms with Crippen molar-refractivity contribution in [2.75, 3.05) is 0 Å². The molecule has 1 rings (SSSR count). The van der Waals surface area contributed by atoms with E-state index in [0.29, 0.717) is 16.6 Å². The Hall–Kier alpha value is -0.763. The van der Waals surface area contributed by atoms with Gasteiger partial charge in [-0.1, -0.05) is 53.7 Å². The minimum atomic E-state index is -1.85. The minimum absolute atomic E-state index is 0.613. The van der Waals surface area contributed by atoms with Crippen molar-refractivity contribution in [1.29, 1.82) is 0 Å². The van der Waals surface area contributed by atoms with Crippen molar-refractivity contribution >= 4 is 8.32 Å². The maximum Gasteiger partial charge on any atom is 0.258 e. The van der Waals surface area contributed by atoms with Crippen molar-refractivity contribution in [3.05, 3.63) is 28.8 Å². The Kier molecular flexibility index (Phi) is 5.48. The van der Waals surface area contributed by atoms with Gasteiger partial charge in [0.05, 0.1) is 0 Å². The lowest BCUT2D eigenvalue weighted by molar-refractivity contribution is 0.473. The number of rotatable bonds is 5. The summed E-state index contributed by atoms with van der Waals surface area (Å²) >= 11 is 0. The van der Waals surface area contributed by atoms with E-state index in [0.717, 1.165) is 5.75 Å². The fourth-order valence-electron chi connectivity index (χ4n) is 3.61. The highest BCUT2D eigenvalue weighted by Crippen LogP contribution is 2.44. The lowest BCUT2D eigenvalue weighted by Crippen LogP contribution is -2.51. The van der Waals surface area contributed by atoms with E-state index < -0.39 is 8.32 Å². The predicted molar refractivity (Wildman–Crippen MR) is 92.3 cm³/mol. The van der Waals surface area contributed by atoms with Gasteiger partial charge in [0, 0.05) is 0 Å². The molecular formula is C18H32OSi. The molecule has 0 heterocycles. The van der Waals surface area contributed by atoms with E-state index in [1.54, 1.807) is 0 Å². The lowest BCUT2D eigenvalue weighted by Gasteiger charge is -2.43. The number of hydrogen-bond donors (Lipinski definition) is 0. The zero-order valence-corrected chi connectivity index (χ0v) is 15.8. The molecule has 0 bridgehead atoms. The molecule has 0 atom stereocenters. The fourth-order valence-corrected chi connectivity index (χ4v) is 8.99. The van der Waals surface area contributed by atoms with Crippen LogP contribution in [0.5, 0.6) is 5.75 Å². The highest BCUT2D eigenvalue weighted by atomic mass is 28.4. The Labute approximate surface area is 126 Å². The van der Waals surface area contributed by atoms with E-state index in [2.05, 4.69) is 74.4 Å². The van der Waals surface area contributed by atoms with E-state index in [1.165, 1.54) is 16.7 Å². The lowest BCUT2D eigenvalue weighted by atomic mass is 10.1. The summed E-state index contributed by atoms with van der Waals surface area (Å²) in [6, 6.07) is 4.39. The molecule has 0 unspecified atom stereocenters. The molecule has 20 heavy (non-hydrogen) atoms. The maximum atomic E-state index is 6.87. The Morgan fingerprint density at radius 1 is 0.750 bits per heavy atom. The van der Waals surface area contributed by atoms with Gasteiger partial charge in [-0.2, -0.15) is 0 Å². The first kappa shape index (κ1) is 17.3. The van der Waals surface area contributed by atoms with Gasteiger partial charge in [0.25, 0.3) is 8.32 Å². The van der Waals surface area contributed by atoms with Gasteiger partial charge in [-0.05, 0) is 54.1 Å². The van der Waals surface area contributed by atoms with Crippen LogP contribution >= 0.6 is 0 Å². The van der Waals surface area contributed by atoms with Crippen molar-refractivity contribution in [2.24, 2.45) is 0 Å². The maximum absolute atomic E-state index is 6.87. The average molecular weight is 293 g/mol. The van der Waals surface area contributed by atoms with Gasteiger partial charge in [-0.3, -0.25) is 0 Å². The molecule has 0 fully saturated rings. The molecule has 0 aliphatic carbocycles. The second kappa shape index (κ2) is 6.34. The summed E-state index contributed by atoms with van der Waals surface area (Å²) < 4.78 is 6.87. The Bertz CT molecular complexity index is 439. The van der Waals surface area contributed by atoms with Gasteiger partial charge < -0.3 is 4.43 Å². The third-order valence-electron chi connectivity index (χ3n) is 4.86. The summed E-state index contributed by atoms with van der Waals surface area (Å²) in [6.07, 6.45) is 0. The van der Waals surface area contributed by atoms with Gasteiger partial charge in [-0.25, -0.2) is 0 Å². The van der Waals surface area contributed by atoms with E-state index >= 15 is 0 Å². The summed E-state index contributed by atoms with van der Waals surface area (Å²) in [4.78, 5) is 0. The van der Waals surface area contributed by atoms with E-state index in [9.17, 15) is 0 Å². The first-order valence-electron chi connectivity index (χ1n) is 7.90. The van der Waals surface area contributed by atoms with E-state index in [4.69, 9.17) is 4.43 Å². The van der Waals surface area contributed by atoms with Crippen LogP contribution in [0.3, 0.4) is 0 Å². The third kappa shape index (κ3) is 2.95. The quantitative estimate of drug-likeness (QED) is 0.590. The predicted octanol–water partition coefficient (Wildman–Crippen LogP) is 6.17. The second-order valence-corrected chi connectivity index (χ2v) is 12.4. The van der Waals surface area contributed by atoms with Gasteiger partial charge in [0.15, 0.2) is 0 Å². The van der Waals surface area contributed by atoms with Crippen molar-refractivity contribution < 1.29 is 4.43 Å². The van der Waals surface area contributed by atoms with Crippen molar-refractivity contribution in [3.8, 4) is 5.75 Å². The largest absolute Gasteiger partial charge is 0.542 e. The van der Waals surface area contributed by atoms with E-state index in [-0.39, 0.29) is 0 Å². The third-order valence-corrected chi connectivity index (χ3v) is 10.8. The molecule has 0 aliphatic heterocycles. The molecule has 1 aromatic carbocycles. The molecule has 0 radical (unpaired) electrons. The van der Waals surface area contributed by atoms with Crippen LogP contribution in [0.15, 0.2) is 12.1 Å². The summed E-state index contributed by atoms with van der Waals surface area (Å²) in [6.45, 7) is 20.6. The van der Waals surface area contributed by atoms with Gasteiger partial charge in [-0.15, -0.1) is 0 Å². The standard InChI is InChI=1S/C18H32OSi/c1-12(2)20(13(3)4,14(5)6)19-18-16(8)11-10-15(7)17(18)9/h10-14H,1-9H3. The molecule has 1 aromatic rings. The molecule has 0 N–H and O–H groups in total. The van der Waals surface area contributed by atoms with Gasteiger partial charge in [0.2, 0.25) is 0 Å². The molecule has 2 heteroatoms. The Morgan fingerprint density at radius 3 is 1.55 bits per heavy atom. The normalized spacial score (nSPS) is 12.6. The molecule has 0 aliphatic rings. The molecule has 114 valence electrons. The summed E-state index contributed by atoms with van der Waals surface area (Å²) in [5.41, 5.74) is 5.74. The molecule has 0 saturated carbocycles. The van der Waals surface area contributed by atoms with Crippen LogP contribution in [0.25, 0.3) is 0 Å². The monoisotopic (exact) mass is 292 g/mol. The summed E-state index contributed by atoms with van der Waals surface area (Å²) in [5.74, 6) is 1.15. The first-order chi connectivity index (χ1) is 9.14. The second-order valence-electron chi connectivity index (χ2n) is 7.07. The highest BCUT2D eigenvalue weighted by molar-refractivity contribution is 6.78. The topological polar surface area (TPSA) is 9.23 Å². The van der Waals surface area contributed by atoms with Crippen LogP contribution in [0.4, 0.5) is 0 Å². The van der Waals surface area contributed by atoms with Crippen LogP contribution < -0.4 is 4.43 Å². The van der Waals surface area contributed by atoms with Gasteiger partial charge >= 0.3 is 0 Å². The number of benzene rings is 1. The molecule has 0 aromatic heterocycles. The zero-order valence-electron chi connectivity index (χ0n) is 14.8. The minimum Gasteiger partial charge on any atom is -0.542 e. The zero-order chi connectivity index (χ0) is 15.7. The van der Waals surface area contributed by atoms with Crippen LogP contribution in [0, 0.1) is 20.8 Å². The fraction of sp³-hybridized carbons (Fsp3) is 0.667. The molecule has 0 amide bonds. The van der Waals surface area contributed by atoms with E-state index in [1.807, 2.05) is 0 Å². The molecule has 0 saturated heterocycles. The highest BCUT2D eigenvalue weighted by Gasteiger charge is 2.47. The Morgan fingerprint density at radius 2 is 1.15 bits per heavy atom. The summed E-state index contributed by atoms with van der Waals surface area (Å²) in [5, 5.41) is 0. The molecule has 1 nitrogen and oxygen atoms in total. The van der Waals surface area contributed by atoms with Crippen LogP contribution in [-0.2, 0) is 0 Å². The summed E-state index contributed by atoms with van der Waals surface area (Å²) in [7, 11) is -1.85. The van der Waals surface area contributed by atoms with Crippen molar-refractivity contribution in [1.82, 2.24) is 0 Å². The molecular weight excluding hydrogens is 260 g/mol. The Balaban J connectivity index is 3.38. The SMILES string of the molecule is Cc1ccc(C)c(O[Si](C(C)C)(C(C)C)C(C)C)c1C. The van der Waals surface area contributed by atoms with Crippen molar-refractivity contribution in [2.45, 2.75) is 78.9 Å². The smallest absolute Gasteiger partial charge is 0.258 e. The van der Waals surface area contributed by atoms with Crippen LogP contribution in [-0.4, -0.2) is 8.32 Å². The first-order valence-corrected chi connectivity index (χ1v) is 10.0. The number of aryl methyl sites for hydroxylation is 2. The van der Waals surface area contributed by atoms with Crippen molar-refractivity contribution in [3.63, 3.8) is 0 Å². The van der Waals surface area contributed by atoms with Gasteiger partial charge in [0.1, 0.15) is 5.75 Å². The number of hydrogen-bond acceptors (Lipinski definition) is 1.